The predicted molar refractivity (Wildman–Crippen MR) is 174 cm³/mol. The van der Waals surface area contributed by atoms with Crippen molar-refractivity contribution in [2.75, 3.05) is 76.7 Å². The molecular weight excluding hydrogens is 564 g/mol. The van der Waals surface area contributed by atoms with Crippen molar-refractivity contribution in [1.82, 2.24) is 0 Å². The average Bonchev–Trinajstić information content (AvgIpc) is 2.78. The number of hydrogen-bond acceptors (Lipinski definition) is 12. The van der Waals surface area contributed by atoms with E-state index in [0.717, 1.165) is 0 Å². The van der Waals surface area contributed by atoms with Crippen LogP contribution < -0.4 is 0 Å². The number of thiol groups is 3. The average molecular weight is 627 g/mol. The fraction of sp³-hybridized carbons (Fsp3) is 0.889. The fourth-order valence-electron chi connectivity index (χ4n) is 2.43. The van der Waals surface area contributed by atoms with Gasteiger partial charge in [0.25, 0.3) is 0 Å². The summed E-state index contributed by atoms with van der Waals surface area (Å²) in [5.74, 6) is 0.342. The second kappa shape index (κ2) is 37.3. The smallest absolute Gasteiger partial charge is 0.306 e. The van der Waals surface area contributed by atoms with Crippen molar-refractivity contribution >= 4 is 55.8 Å². The quantitative estimate of drug-likeness (QED) is 0.0592. The second-order valence-corrected chi connectivity index (χ2v) is 8.44. The highest BCUT2D eigenvalue weighted by molar-refractivity contribution is 7.80. The lowest BCUT2D eigenvalue weighted by Crippen LogP contribution is -2.38. The van der Waals surface area contributed by atoms with Crippen molar-refractivity contribution in [2.24, 2.45) is 5.41 Å². The van der Waals surface area contributed by atoms with Crippen molar-refractivity contribution < 1.29 is 42.8 Å². The highest BCUT2D eigenvalue weighted by atomic mass is 32.1. The minimum Gasteiger partial charge on any atom is -0.463 e. The minimum atomic E-state index is -0.473. The van der Waals surface area contributed by atoms with E-state index in [-0.39, 0.29) is 121 Å². The zero-order chi connectivity index (χ0) is 24.8. The van der Waals surface area contributed by atoms with Crippen LogP contribution in [0.15, 0.2) is 0 Å². The van der Waals surface area contributed by atoms with Crippen LogP contribution >= 0.6 is 37.9 Å². The number of carbonyl (C=O) groups is 3. The van der Waals surface area contributed by atoms with Gasteiger partial charge in [-0.2, -0.15) is 37.9 Å². The summed E-state index contributed by atoms with van der Waals surface area (Å²) in [7, 11) is 0. The second-order valence-electron chi connectivity index (χ2n) is 7.09. The first kappa shape index (κ1) is 54.4. The van der Waals surface area contributed by atoms with Gasteiger partial charge >= 0.3 is 17.9 Å². The topological polar surface area (TPSA) is 107 Å². The molecule has 0 aromatic carbocycles. The summed E-state index contributed by atoms with van der Waals surface area (Å²) in [4.78, 5) is 34.2. The number of esters is 3. The highest BCUT2D eigenvalue weighted by Crippen LogP contribution is 2.24. The Morgan fingerprint density at radius 1 is 0.513 bits per heavy atom. The lowest BCUT2D eigenvalue weighted by atomic mass is 9.88. The summed E-state index contributed by atoms with van der Waals surface area (Å²) in [6, 6.07) is 0. The first-order chi connectivity index (χ1) is 15.9. The summed E-state index contributed by atoms with van der Waals surface area (Å²) < 4.78 is 32.4. The normalized spacial score (nSPS) is 9.54. The van der Waals surface area contributed by atoms with E-state index in [0.29, 0.717) is 43.5 Å². The summed E-state index contributed by atoms with van der Waals surface area (Å²) in [6.45, 7) is 4.09. The molecule has 9 nitrogen and oxygen atoms in total. The van der Waals surface area contributed by atoms with Gasteiger partial charge in [-0.1, -0.05) is 51.5 Å². The Bertz CT molecular complexity index is 469. The van der Waals surface area contributed by atoms with Gasteiger partial charge in [-0.25, -0.2) is 0 Å². The maximum atomic E-state index is 11.4. The molecule has 0 unspecified atom stereocenters. The van der Waals surface area contributed by atoms with Crippen molar-refractivity contribution in [2.45, 2.75) is 77.2 Å². The molecule has 0 atom stereocenters. The van der Waals surface area contributed by atoms with Crippen LogP contribution in [0.5, 0.6) is 0 Å². The van der Waals surface area contributed by atoms with Gasteiger partial charge in [0.05, 0.1) is 58.9 Å². The number of ether oxygens (including phenoxy) is 6. The first-order valence-corrected chi connectivity index (χ1v) is 12.9. The summed E-state index contributed by atoms with van der Waals surface area (Å²) in [5, 5.41) is 0. The SMILES string of the molecule is C.C.C.C.C.C.CCC(COCCOC(=O)CCS)(COCCOC(=O)CCS)COCCOC(=O)CCS. The molecule has 0 aliphatic rings. The van der Waals surface area contributed by atoms with Crippen LogP contribution in [0.3, 0.4) is 0 Å². The Morgan fingerprint density at radius 2 is 0.769 bits per heavy atom. The Labute approximate surface area is 257 Å². The lowest BCUT2D eigenvalue weighted by Gasteiger charge is -2.32. The third kappa shape index (κ3) is 31.7. The molecule has 242 valence electrons. The van der Waals surface area contributed by atoms with E-state index in [1.807, 2.05) is 6.92 Å². The van der Waals surface area contributed by atoms with Gasteiger partial charge in [0.2, 0.25) is 0 Å². The predicted octanol–water partition coefficient (Wildman–Crippen LogP) is 5.84. The van der Waals surface area contributed by atoms with Crippen LogP contribution in [0, 0.1) is 5.41 Å². The Hall–Kier alpha value is -0.660. The van der Waals surface area contributed by atoms with E-state index in [1.54, 1.807) is 0 Å². The molecule has 0 aliphatic carbocycles. The van der Waals surface area contributed by atoms with Crippen LogP contribution in [-0.2, 0) is 42.8 Å². The third-order valence-corrected chi connectivity index (χ3v) is 5.07. The molecule has 0 aromatic rings. The van der Waals surface area contributed by atoms with E-state index in [9.17, 15) is 14.4 Å². The molecule has 0 aliphatic heterocycles. The molecule has 0 saturated heterocycles. The Balaban J connectivity index is -0.000000341. The van der Waals surface area contributed by atoms with Crippen LogP contribution in [0.4, 0.5) is 0 Å². The number of rotatable bonds is 22. The van der Waals surface area contributed by atoms with E-state index in [4.69, 9.17) is 28.4 Å². The largest absolute Gasteiger partial charge is 0.463 e. The molecule has 0 N–H and O–H groups in total. The molecule has 0 spiro atoms. The van der Waals surface area contributed by atoms with Gasteiger partial charge in [0.15, 0.2) is 0 Å². The fourth-order valence-corrected chi connectivity index (χ4v) is 2.98. The molecule has 0 heterocycles. The van der Waals surface area contributed by atoms with Gasteiger partial charge < -0.3 is 28.4 Å². The van der Waals surface area contributed by atoms with Crippen molar-refractivity contribution in [3.63, 3.8) is 0 Å². The Morgan fingerprint density at radius 3 is 0.974 bits per heavy atom. The zero-order valence-corrected chi connectivity index (χ0v) is 22.0. The molecule has 0 saturated carbocycles. The molecule has 39 heavy (non-hydrogen) atoms. The van der Waals surface area contributed by atoms with Crippen LogP contribution in [0.2, 0.25) is 0 Å². The van der Waals surface area contributed by atoms with Gasteiger partial charge in [-0.05, 0) is 6.42 Å². The molecule has 0 rings (SSSR count). The zero-order valence-electron chi connectivity index (χ0n) is 19.3. The summed E-state index contributed by atoms with van der Waals surface area (Å²) in [6.07, 6.45) is 1.44. The Kier molecular flexibility index (Phi) is 52.1. The molecule has 0 radical (unpaired) electrons. The first-order valence-electron chi connectivity index (χ1n) is 11.0. The lowest BCUT2D eigenvalue weighted by molar-refractivity contribution is -0.146. The van der Waals surface area contributed by atoms with E-state index < -0.39 is 5.41 Å². The summed E-state index contributed by atoms with van der Waals surface area (Å²) >= 11 is 12.0. The van der Waals surface area contributed by atoms with E-state index in [1.165, 1.54) is 0 Å². The minimum absolute atomic E-state index is 0. The molecule has 0 bridgehead atoms. The molecular formula is C27H62O9S3. The van der Waals surface area contributed by atoms with E-state index in [2.05, 4.69) is 37.9 Å². The molecule has 0 amide bonds. The van der Waals surface area contributed by atoms with Crippen LogP contribution in [0.1, 0.15) is 77.2 Å². The highest BCUT2D eigenvalue weighted by Gasteiger charge is 2.30. The van der Waals surface area contributed by atoms with Gasteiger partial charge in [-0.15, -0.1) is 0 Å². The van der Waals surface area contributed by atoms with Crippen LogP contribution in [-0.4, -0.2) is 94.6 Å². The van der Waals surface area contributed by atoms with Gasteiger partial charge in [-0.3, -0.25) is 14.4 Å². The van der Waals surface area contributed by atoms with E-state index >= 15 is 0 Å². The molecule has 0 aromatic heterocycles. The summed E-state index contributed by atoms with van der Waals surface area (Å²) in [5.41, 5.74) is -0.473. The molecule has 12 heteroatoms. The van der Waals surface area contributed by atoms with Gasteiger partial charge in [0.1, 0.15) is 19.8 Å². The van der Waals surface area contributed by atoms with Crippen molar-refractivity contribution in [3.05, 3.63) is 0 Å². The standard InChI is InChI=1S/C21H38O9S3.6CH4/c1-2-21(15-25-6-9-28-18(22)3-12-31,16-26-7-10-29-19(23)4-13-32)17-27-8-11-30-20(24)5-14-33;;;;;;/h31-33H,2-17H2,1H3;6*1H4. The van der Waals surface area contributed by atoms with Crippen molar-refractivity contribution in [1.29, 1.82) is 0 Å². The number of carbonyl (C=O) groups excluding carboxylic acids is 3. The van der Waals surface area contributed by atoms with Crippen molar-refractivity contribution in [3.8, 4) is 0 Å². The third-order valence-electron chi connectivity index (χ3n) is 4.39. The monoisotopic (exact) mass is 626 g/mol. The van der Waals surface area contributed by atoms with Crippen LogP contribution in [0.25, 0.3) is 0 Å². The number of hydrogen-bond donors (Lipinski definition) is 3. The van der Waals surface area contributed by atoms with Gasteiger partial charge in [0, 0.05) is 22.7 Å². The maximum Gasteiger partial charge on any atom is 0.306 e. The maximum absolute atomic E-state index is 11.4. The molecule has 0 fully saturated rings.